The molecule has 1 aromatic heterocycles. The van der Waals surface area contributed by atoms with Crippen LogP contribution in [0.5, 0.6) is 0 Å². The molecule has 1 aromatic rings. The summed E-state index contributed by atoms with van der Waals surface area (Å²) in [6, 6.07) is 1.65. The smallest absolute Gasteiger partial charge is 0.211 e. The van der Waals surface area contributed by atoms with Crippen molar-refractivity contribution >= 4 is 53.2 Å². The quantitative estimate of drug-likeness (QED) is 0.556. The molecule has 17 heavy (non-hydrogen) atoms. The predicted molar refractivity (Wildman–Crippen MR) is 79.6 cm³/mol. The van der Waals surface area contributed by atoms with Gasteiger partial charge in [0.25, 0.3) is 0 Å². The van der Waals surface area contributed by atoms with Gasteiger partial charge in [-0.2, -0.15) is 0 Å². The van der Waals surface area contributed by atoms with E-state index in [2.05, 4.69) is 36.6 Å². The second-order valence-electron chi connectivity index (χ2n) is 3.62. The van der Waals surface area contributed by atoms with Crippen molar-refractivity contribution in [3.05, 3.63) is 14.7 Å². The van der Waals surface area contributed by atoms with E-state index in [4.69, 9.17) is 0 Å². The predicted octanol–water partition coefficient (Wildman–Crippen LogP) is 3.66. The molecule has 7 heteroatoms. The van der Waals surface area contributed by atoms with Gasteiger partial charge in [-0.3, -0.25) is 0 Å². The van der Waals surface area contributed by atoms with E-state index >= 15 is 0 Å². The van der Waals surface area contributed by atoms with Gasteiger partial charge in [0, 0.05) is 16.8 Å². The molecule has 1 rings (SSSR count). The monoisotopic (exact) mass is 403 g/mol. The number of hydrogen-bond donors (Lipinski definition) is 1. The summed E-state index contributed by atoms with van der Waals surface area (Å²) >= 11 is 8.08. The zero-order chi connectivity index (χ0) is 12.9. The Bertz CT molecular complexity index is 457. The number of hydrogen-bond acceptors (Lipinski definition) is 3. The van der Waals surface area contributed by atoms with Gasteiger partial charge < -0.3 is 0 Å². The van der Waals surface area contributed by atoms with Crippen LogP contribution in [-0.2, 0) is 10.0 Å². The number of nitrogens with one attached hydrogen (secondary N) is 1. The second-order valence-corrected chi connectivity index (χ2v) is 8.78. The molecule has 3 nitrogen and oxygen atoms in total. The Kier molecular flexibility index (Phi) is 6.65. The molecular weight excluding hydrogens is 390 g/mol. The molecule has 98 valence electrons. The SMILES string of the molecule is Cc1sc(Br)cc1S(=O)(=O)NCCCCCBr. The van der Waals surface area contributed by atoms with Gasteiger partial charge in [0.1, 0.15) is 0 Å². The molecule has 0 amide bonds. The van der Waals surface area contributed by atoms with Crippen LogP contribution in [0.2, 0.25) is 0 Å². The van der Waals surface area contributed by atoms with E-state index in [1.807, 2.05) is 6.92 Å². The minimum absolute atomic E-state index is 0.384. The van der Waals surface area contributed by atoms with Gasteiger partial charge in [-0.1, -0.05) is 22.4 Å². The molecule has 0 atom stereocenters. The van der Waals surface area contributed by atoms with Gasteiger partial charge in [-0.25, -0.2) is 13.1 Å². The number of thiophene rings is 1. The number of aryl methyl sites for hydroxylation is 1. The maximum absolute atomic E-state index is 12.0. The van der Waals surface area contributed by atoms with E-state index in [1.54, 1.807) is 6.07 Å². The molecule has 0 saturated carbocycles. The Labute approximate surface area is 123 Å². The molecule has 0 aromatic carbocycles. The van der Waals surface area contributed by atoms with Crippen molar-refractivity contribution in [2.45, 2.75) is 31.1 Å². The summed E-state index contributed by atoms with van der Waals surface area (Å²) < 4.78 is 27.4. The molecule has 0 aliphatic carbocycles. The van der Waals surface area contributed by atoms with E-state index in [0.717, 1.165) is 33.3 Å². The molecule has 0 radical (unpaired) electrons. The molecule has 1 heterocycles. The first-order valence-electron chi connectivity index (χ1n) is 5.29. The lowest BCUT2D eigenvalue weighted by Gasteiger charge is -2.05. The van der Waals surface area contributed by atoms with Crippen LogP contribution in [0.4, 0.5) is 0 Å². The van der Waals surface area contributed by atoms with Crippen LogP contribution in [-0.4, -0.2) is 20.3 Å². The topological polar surface area (TPSA) is 46.2 Å². The zero-order valence-corrected chi connectivity index (χ0v) is 14.3. The summed E-state index contributed by atoms with van der Waals surface area (Å²) in [6.07, 6.45) is 2.97. The maximum atomic E-state index is 12.0. The average molecular weight is 405 g/mol. The lowest BCUT2D eigenvalue weighted by Crippen LogP contribution is -2.24. The molecule has 1 N–H and O–H groups in total. The molecule has 0 saturated heterocycles. The van der Waals surface area contributed by atoms with Crippen LogP contribution in [0.25, 0.3) is 0 Å². The molecule has 0 bridgehead atoms. The third-order valence-corrected chi connectivity index (χ3v) is 6.06. The van der Waals surface area contributed by atoms with Crippen molar-refractivity contribution in [2.24, 2.45) is 0 Å². The van der Waals surface area contributed by atoms with Gasteiger partial charge in [-0.15, -0.1) is 11.3 Å². The van der Waals surface area contributed by atoms with Gasteiger partial charge in [0.15, 0.2) is 0 Å². The van der Waals surface area contributed by atoms with Crippen molar-refractivity contribution in [2.75, 3.05) is 11.9 Å². The minimum Gasteiger partial charge on any atom is -0.211 e. The number of halogens is 2. The average Bonchev–Trinajstić information content (AvgIpc) is 2.58. The van der Waals surface area contributed by atoms with Gasteiger partial charge in [0.2, 0.25) is 10.0 Å². The molecule has 0 aliphatic heterocycles. The molecule has 0 spiro atoms. The molecule has 0 aliphatic rings. The first-order chi connectivity index (χ1) is 7.97. The summed E-state index contributed by atoms with van der Waals surface area (Å²) in [5.41, 5.74) is 0. The fraction of sp³-hybridized carbons (Fsp3) is 0.600. The number of sulfonamides is 1. The Morgan fingerprint density at radius 3 is 2.59 bits per heavy atom. The van der Waals surface area contributed by atoms with Crippen molar-refractivity contribution < 1.29 is 8.42 Å². The molecular formula is C10H15Br2NO2S2. The largest absolute Gasteiger partial charge is 0.241 e. The van der Waals surface area contributed by atoms with Crippen molar-refractivity contribution in [3.8, 4) is 0 Å². The highest BCUT2D eigenvalue weighted by molar-refractivity contribution is 9.11. The van der Waals surface area contributed by atoms with Crippen LogP contribution >= 0.6 is 43.2 Å². The van der Waals surface area contributed by atoms with Crippen LogP contribution in [0.15, 0.2) is 14.7 Å². The Hall–Kier alpha value is 0.570. The lowest BCUT2D eigenvalue weighted by molar-refractivity contribution is 0.576. The van der Waals surface area contributed by atoms with Crippen LogP contribution < -0.4 is 4.72 Å². The van der Waals surface area contributed by atoms with Crippen LogP contribution in [0.1, 0.15) is 24.1 Å². The fourth-order valence-corrected chi connectivity index (χ4v) is 5.26. The first-order valence-corrected chi connectivity index (χ1v) is 9.50. The second kappa shape index (κ2) is 7.23. The maximum Gasteiger partial charge on any atom is 0.241 e. The van der Waals surface area contributed by atoms with Crippen molar-refractivity contribution in [1.29, 1.82) is 0 Å². The zero-order valence-electron chi connectivity index (χ0n) is 9.50. The van der Waals surface area contributed by atoms with Gasteiger partial charge in [0.05, 0.1) is 8.68 Å². The highest BCUT2D eigenvalue weighted by Crippen LogP contribution is 2.29. The molecule has 0 unspecified atom stereocenters. The highest BCUT2D eigenvalue weighted by atomic mass is 79.9. The van der Waals surface area contributed by atoms with E-state index in [-0.39, 0.29) is 0 Å². The highest BCUT2D eigenvalue weighted by Gasteiger charge is 2.18. The summed E-state index contributed by atoms with van der Waals surface area (Å²) in [6.45, 7) is 2.32. The fourth-order valence-electron chi connectivity index (χ4n) is 1.38. The third kappa shape index (κ3) is 4.98. The number of alkyl halides is 1. The summed E-state index contributed by atoms with van der Waals surface area (Å²) in [5, 5.41) is 0.969. The summed E-state index contributed by atoms with van der Waals surface area (Å²) in [5.74, 6) is 0. The lowest BCUT2D eigenvalue weighted by atomic mass is 10.3. The normalized spacial score (nSPS) is 11.9. The van der Waals surface area contributed by atoms with Crippen molar-refractivity contribution in [3.63, 3.8) is 0 Å². The van der Waals surface area contributed by atoms with Crippen LogP contribution in [0, 0.1) is 6.92 Å². The van der Waals surface area contributed by atoms with E-state index in [9.17, 15) is 8.42 Å². The standard InChI is InChI=1S/C10H15Br2NO2S2/c1-8-9(7-10(12)16-8)17(14,15)13-6-4-2-3-5-11/h7,13H,2-6H2,1H3. The number of unbranched alkanes of at least 4 members (excludes halogenated alkanes) is 2. The van der Waals surface area contributed by atoms with Crippen LogP contribution in [0.3, 0.4) is 0 Å². The Morgan fingerprint density at radius 2 is 2.06 bits per heavy atom. The van der Waals surface area contributed by atoms with Gasteiger partial charge >= 0.3 is 0 Å². The minimum atomic E-state index is -3.34. The van der Waals surface area contributed by atoms with E-state index < -0.39 is 10.0 Å². The van der Waals surface area contributed by atoms with Gasteiger partial charge in [-0.05, 0) is 41.8 Å². The first kappa shape index (κ1) is 15.6. The Balaban J connectivity index is 2.54. The Morgan fingerprint density at radius 1 is 1.35 bits per heavy atom. The molecule has 0 fully saturated rings. The summed E-state index contributed by atoms with van der Waals surface area (Å²) in [4.78, 5) is 1.19. The summed E-state index contributed by atoms with van der Waals surface area (Å²) in [7, 11) is -3.34. The van der Waals surface area contributed by atoms with E-state index in [0.29, 0.717) is 11.4 Å². The third-order valence-electron chi connectivity index (χ3n) is 2.23. The number of rotatable bonds is 7. The van der Waals surface area contributed by atoms with E-state index in [1.165, 1.54) is 11.3 Å². The van der Waals surface area contributed by atoms with Crippen molar-refractivity contribution in [1.82, 2.24) is 4.72 Å².